The van der Waals surface area contributed by atoms with Crippen LogP contribution in [-0.2, 0) is 0 Å². The van der Waals surface area contributed by atoms with E-state index in [9.17, 15) is 0 Å². The van der Waals surface area contributed by atoms with Crippen molar-refractivity contribution in [3.05, 3.63) is 0 Å². The van der Waals surface area contributed by atoms with Crippen LogP contribution < -0.4 is 5.32 Å². The van der Waals surface area contributed by atoms with Gasteiger partial charge in [0.1, 0.15) is 0 Å². The Balaban J connectivity index is 2.97. The maximum absolute atomic E-state index is 3.40. The van der Waals surface area contributed by atoms with Gasteiger partial charge in [0, 0.05) is 6.04 Å². The Morgan fingerprint density at radius 1 is 1.50 bits per heavy atom. The number of hydrogen-bond donors (Lipinski definition) is 1. The van der Waals surface area contributed by atoms with Crippen LogP contribution in [0, 0.1) is 0 Å². The van der Waals surface area contributed by atoms with Crippen molar-refractivity contribution in [3.8, 4) is 0 Å². The molecule has 1 unspecified atom stereocenters. The summed E-state index contributed by atoms with van der Waals surface area (Å²) in [5.74, 6) is 1.30. The van der Waals surface area contributed by atoms with E-state index in [-0.39, 0.29) is 0 Å². The molecule has 0 aromatic heterocycles. The Morgan fingerprint density at radius 3 is 2.70 bits per heavy atom. The van der Waals surface area contributed by atoms with Crippen molar-refractivity contribution in [2.45, 2.75) is 32.7 Å². The standard InChI is InChI=1S/C8H19NS/c1-4-9-8(2)6-5-7-10-3/h8-9H,4-7H2,1-3H3. The van der Waals surface area contributed by atoms with Crippen LogP contribution in [0.5, 0.6) is 0 Å². The molecule has 0 saturated carbocycles. The highest BCUT2D eigenvalue weighted by Crippen LogP contribution is 2.01. The second-order valence-corrected chi connectivity index (χ2v) is 3.58. The summed E-state index contributed by atoms with van der Waals surface area (Å²) < 4.78 is 0. The molecule has 0 spiro atoms. The Kier molecular flexibility index (Phi) is 7.65. The highest BCUT2D eigenvalue weighted by atomic mass is 32.2. The van der Waals surface area contributed by atoms with E-state index in [0.717, 1.165) is 6.54 Å². The van der Waals surface area contributed by atoms with E-state index in [1.165, 1.54) is 18.6 Å². The largest absolute Gasteiger partial charge is 0.315 e. The first kappa shape index (κ1) is 10.3. The Labute approximate surface area is 69.0 Å². The number of hydrogen-bond acceptors (Lipinski definition) is 2. The summed E-state index contributed by atoms with van der Waals surface area (Å²) in [5.41, 5.74) is 0. The van der Waals surface area contributed by atoms with Gasteiger partial charge in [0.05, 0.1) is 0 Å². The van der Waals surface area contributed by atoms with Gasteiger partial charge in [-0.25, -0.2) is 0 Å². The molecule has 0 aromatic carbocycles. The highest BCUT2D eigenvalue weighted by molar-refractivity contribution is 7.98. The second kappa shape index (κ2) is 7.42. The van der Waals surface area contributed by atoms with Gasteiger partial charge in [0.15, 0.2) is 0 Å². The van der Waals surface area contributed by atoms with Crippen LogP contribution in [0.4, 0.5) is 0 Å². The lowest BCUT2D eigenvalue weighted by atomic mass is 10.2. The van der Waals surface area contributed by atoms with Gasteiger partial charge in [-0.1, -0.05) is 6.92 Å². The van der Waals surface area contributed by atoms with Crippen molar-refractivity contribution in [1.29, 1.82) is 0 Å². The van der Waals surface area contributed by atoms with Crippen LogP contribution in [0.3, 0.4) is 0 Å². The van der Waals surface area contributed by atoms with E-state index in [1.807, 2.05) is 11.8 Å². The summed E-state index contributed by atoms with van der Waals surface area (Å²) >= 11 is 1.93. The summed E-state index contributed by atoms with van der Waals surface area (Å²) in [6.07, 6.45) is 4.82. The second-order valence-electron chi connectivity index (χ2n) is 2.59. The summed E-state index contributed by atoms with van der Waals surface area (Å²) in [7, 11) is 0. The van der Waals surface area contributed by atoms with E-state index < -0.39 is 0 Å². The lowest BCUT2D eigenvalue weighted by Crippen LogP contribution is -2.25. The fourth-order valence-corrected chi connectivity index (χ4v) is 1.44. The molecular weight excluding hydrogens is 142 g/mol. The van der Waals surface area contributed by atoms with Crippen molar-refractivity contribution >= 4 is 11.8 Å². The maximum atomic E-state index is 3.40. The van der Waals surface area contributed by atoms with Crippen molar-refractivity contribution < 1.29 is 0 Å². The first-order valence-corrected chi connectivity index (χ1v) is 5.43. The van der Waals surface area contributed by atoms with Crippen LogP contribution in [-0.4, -0.2) is 24.6 Å². The fraction of sp³-hybridized carbons (Fsp3) is 1.00. The zero-order valence-corrected chi connectivity index (χ0v) is 8.13. The number of thioether (sulfide) groups is 1. The van der Waals surface area contributed by atoms with Crippen molar-refractivity contribution in [2.24, 2.45) is 0 Å². The van der Waals surface area contributed by atoms with Crippen LogP contribution in [0.1, 0.15) is 26.7 Å². The molecule has 0 aliphatic heterocycles. The third-order valence-corrected chi connectivity index (χ3v) is 2.24. The van der Waals surface area contributed by atoms with Gasteiger partial charge in [-0.2, -0.15) is 11.8 Å². The molecule has 0 radical (unpaired) electrons. The van der Waals surface area contributed by atoms with E-state index in [1.54, 1.807) is 0 Å². The van der Waals surface area contributed by atoms with E-state index in [4.69, 9.17) is 0 Å². The minimum absolute atomic E-state index is 0.706. The average Bonchev–Trinajstić information content (AvgIpc) is 1.89. The quantitative estimate of drug-likeness (QED) is 0.599. The van der Waals surface area contributed by atoms with Crippen LogP contribution >= 0.6 is 11.8 Å². The van der Waals surface area contributed by atoms with E-state index >= 15 is 0 Å². The summed E-state index contributed by atoms with van der Waals surface area (Å²) in [5, 5.41) is 3.40. The minimum atomic E-state index is 0.706. The predicted molar refractivity (Wildman–Crippen MR) is 50.8 cm³/mol. The van der Waals surface area contributed by atoms with Gasteiger partial charge in [-0.15, -0.1) is 0 Å². The van der Waals surface area contributed by atoms with Gasteiger partial charge < -0.3 is 5.32 Å². The van der Waals surface area contributed by atoms with Crippen LogP contribution in [0.15, 0.2) is 0 Å². The van der Waals surface area contributed by atoms with Gasteiger partial charge in [-0.3, -0.25) is 0 Å². The molecule has 0 amide bonds. The SMILES string of the molecule is CCNC(C)CCCSC. The number of nitrogens with one attached hydrogen (secondary N) is 1. The molecule has 0 aliphatic rings. The molecule has 2 heteroatoms. The monoisotopic (exact) mass is 161 g/mol. The minimum Gasteiger partial charge on any atom is -0.315 e. The summed E-state index contributed by atoms with van der Waals surface area (Å²) in [4.78, 5) is 0. The summed E-state index contributed by atoms with van der Waals surface area (Å²) in [6.45, 7) is 5.51. The molecule has 1 N–H and O–H groups in total. The first-order valence-electron chi connectivity index (χ1n) is 4.03. The average molecular weight is 161 g/mol. The van der Waals surface area contributed by atoms with E-state index in [2.05, 4.69) is 25.4 Å². The summed E-state index contributed by atoms with van der Waals surface area (Å²) in [6, 6.07) is 0.706. The molecule has 0 aliphatic carbocycles. The topological polar surface area (TPSA) is 12.0 Å². The normalized spacial score (nSPS) is 13.5. The van der Waals surface area contributed by atoms with Gasteiger partial charge in [0.25, 0.3) is 0 Å². The highest BCUT2D eigenvalue weighted by Gasteiger charge is 1.96. The fourth-order valence-electron chi connectivity index (χ4n) is 0.984. The molecule has 0 fully saturated rings. The van der Waals surface area contributed by atoms with Crippen LogP contribution in [0.25, 0.3) is 0 Å². The molecule has 10 heavy (non-hydrogen) atoms. The van der Waals surface area contributed by atoms with E-state index in [0.29, 0.717) is 6.04 Å². The number of rotatable bonds is 6. The Hall–Kier alpha value is 0.310. The molecule has 0 heterocycles. The Morgan fingerprint density at radius 2 is 2.20 bits per heavy atom. The smallest absolute Gasteiger partial charge is 0.00389 e. The van der Waals surface area contributed by atoms with Gasteiger partial charge in [-0.05, 0) is 38.3 Å². The van der Waals surface area contributed by atoms with Gasteiger partial charge in [0.2, 0.25) is 0 Å². The zero-order chi connectivity index (χ0) is 7.82. The molecule has 0 saturated heterocycles. The molecule has 0 rings (SSSR count). The molecular formula is C8H19NS. The van der Waals surface area contributed by atoms with Gasteiger partial charge >= 0.3 is 0 Å². The molecule has 0 bridgehead atoms. The molecule has 1 nitrogen and oxygen atoms in total. The molecule has 62 valence electrons. The predicted octanol–water partition coefficient (Wildman–Crippen LogP) is 2.13. The maximum Gasteiger partial charge on any atom is 0.00389 e. The lowest BCUT2D eigenvalue weighted by Gasteiger charge is -2.10. The lowest BCUT2D eigenvalue weighted by molar-refractivity contribution is 0.526. The zero-order valence-electron chi connectivity index (χ0n) is 7.31. The third kappa shape index (κ3) is 6.43. The van der Waals surface area contributed by atoms with Crippen molar-refractivity contribution in [3.63, 3.8) is 0 Å². The Bertz CT molecular complexity index is 66.3. The third-order valence-electron chi connectivity index (χ3n) is 1.54. The molecule has 1 atom stereocenters. The molecule has 0 aromatic rings. The van der Waals surface area contributed by atoms with Crippen molar-refractivity contribution in [1.82, 2.24) is 5.32 Å². The van der Waals surface area contributed by atoms with Crippen molar-refractivity contribution in [2.75, 3.05) is 18.6 Å². The first-order chi connectivity index (χ1) is 4.81. The van der Waals surface area contributed by atoms with Crippen LogP contribution in [0.2, 0.25) is 0 Å².